The normalized spacial score (nSPS) is 10.1. The van der Waals surface area contributed by atoms with Crippen LogP contribution in [0.4, 0.5) is 0 Å². The molecule has 0 saturated heterocycles. The largest absolute Gasteiger partial charge is 0.249 e. The maximum absolute atomic E-state index is 4.09. The smallest absolute Gasteiger partial charge is 0.106 e. The number of halogens is 2. The van der Waals surface area contributed by atoms with Crippen LogP contribution in [-0.4, -0.2) is 4.98 Å². The van der Waals surface area contributed by atoms with E-state index in [2.05, 4.69) is 49.0 Å². The lowest BCUT2D eigenvalue weighted by molar-refractivity contribution is 1.28. The quantitative estimate of drug-likeness (QED) is 0.716. The molecule has 0 radical (unpaired) electrons. The van der Waals surface area contributed by atoms with E-state index in [1.54, 1.807) is 6.20 Å². The van der Waals surface area contributed by atoms with E-state index >= 15 is 0 Å². The summed E-state index contributed by atoms with van der Waals surface area (Å²) < 4.78 is 1.95. The molecule has 0 amide bonds. The Hall–Kier alpha value is -0.670. The van der Waals surface area contributed by atoms with Crippen LogP contribution in [0.1, 0.15) is 0 Å². The van der Waals surface area contributed by atoms with Gasteiger partial charge < -0.3 is 0 Å². The van der Waals surface area contributed by atoms with Crippen molar-refractivity contribution < 1.29 is 0 Å². The van der Waals surface area contributed by atoms with Gasteiger partial charge in [0, 0.05) is 10.7 Å². The topological polar surface area (TPSA) is 12.9 Å². The Morgan fingerprint density at radius 2 is 1.57 bits per heavy atom. The highest BCUT2D eigenvalue weighted by atomic mass is 79.9. The fourth-order valence-electron chi connectivity index (χ4n) is 1.22. The summed E-state index contributed by atoms with van der Waals surface area (Å²) in [5.41, 5.74) is 2.36. The molecule has 3 heteroatoms. The van der Waals surface area contributed by atoms with Crippen molar-refractivity contribution in [1.29, 1.82) is 0 Å². The minimum absolute atomic E-state index is 0.859. The molecule has 0 aliphatic rings. The van der Waals surface area contributed by atoms with Crippen molar-refractivity contribution in [3.05, 3.63) is 51.7 Å². The van der Waals surface area contributed by atoms with E-state index < -0.39 is 0 Å². The zero-order valence-electron chi connectivity index (χ0n) is 7.24. The Bertz CT molecular complexity index is 437. The molecule has 1 nitrogen and oxygen atoms in total. The van der Waals surface area contributed by atoms with E-state index in [-0.39, 0.29) is 0 Å². The molecule has 2 aromatic rings. The third-order valence-corrected chi connectivity index (χ3v) is 2.87. The molecular formula is C11H7Br2N. The average Bonchev–Trinajstić information content (AvgIpc) is 2.19. The summed E-state index contributed by atoms with van der Waals surface area (Å²) in [6, 6.07) is 12.2. The van der Waals surface area contributed by atoms with Crippen molar-refractivity contribution in [3.63, 3.8) is 0 Å². The van der Waals surface area contributed by atoms with Crippen LogP contribution in [0.15, 0.2) is 51.7 Å². The van der Waals surface area contributed by atoms with E-state index in [0.717, 1.165) is 9.08 Å². The molecule has 0 aliphatic carbocycles. The Morgan fingerprint density at radius 1 is 0.857 bits per heavy atom. The van der Waals surface area contributed by atoms with Gasteiger partial charge in [0.15, 0.2) is 0 Å². The Balaban J connectivity index is 2.44. The molecular weight excluding hydrogens is 306 g/mol. The first-order valence-electron chi connectivity index (χ1n) is 4.13. The van der Waals surface area contributed by atoms with Crippen LogP contribution in [0, 0.1) is 0 Å². The van der Waals surface area contributed by atoms with Gasteiger partial charge in [0.2, 0.25) is 0 Å². The molecule has 1 aromatic heterocycles. The fraction of sp³-hybridized carbons (Fsp3) is 0. The number of rotatable bonds is 1. The molecule has 1 aromatic carbocycles. The van der Waals surface area contributed by atoms with Crippen LogP contribution in [0.25, 0.3) is 11.1 Å². The first-order chi connectivity index (χ1) is 6.75. The summed E-state index contributed by atoms with van der Waals surface area (Å²) in [5, 5.41) is 0. The Labute approximate surface area is 99.4 Å². The SMILES string of the molecule is Brc1ccc(-c2ccnc(Br)c2)cc1. The van der Waals surface area contributed by atoms with Crippen molar-refractivity contribution in [2.75, 3.05) is 0 Å². The van der Waals surface area contributed by atoms with Crippen LogP contribution < -0.4 is 0 Å². The van der Waals surface area contributed by atoms with Gasteiger partial charge in [-0.3, -0.25) is 0 Å². The highest BCUT2D eigenvalue weighted by Crippen LogP contribution is 2.23. The van der Waals surface area contributed by atoms with Gasteiger partial charge in [-0.25, -0.2) is 4.98 Å². The van der Waals surface area contributed by atoms with E-state index in [4.69, 9.17) is 0 Å². The molecule has 0 atom stereocenters. The van der Waals surface area contributed by atoms with Gasteiger partial charge in [-0.1, -0.05) is 28.1 Å². The fourth-order valence-corrected chi connectivity index (χ4v) is 1.85. The second-order valence-electron chi connectivity index (χ2n) is 2.87. The lowest BCUT2D eigenvalue weighted by Crippen LogP contribution is -1.79. The molecule has 0 bridgehead atoms. The number of nitrogens with zero attached hydrogens (tertiary/aromatic N) is 1. The Morgan fingerprint density at radius 3 is 2.21 bits per heavy atom. The number of benzene rings is 1. The molecule has 0 aliphatic heterocycles. The van der Waals surface area contributed by atoms with Crippen molar-refractivity contribution in [1.82, 2.24) is 4.98 Å². The first-order valence-corrected chi connectivity index (χ1v) is 5.72. The summed E-state index contributed by atoms with van der Waals surface area (Å²) >= 11 is 6.76. The second kappa shape index (κ2) is 4.24. The van der Waals surface area contributed by atoms with E-state index in [1.165, 1.54) is 11.1 Å². The summed E-state index contributed by atoms with van der Waals surface area (Å²) in [6.07, 6.45) is 1.79. The zero-order valence-corrected chi connectivity index (χ0v) is 10.4. The van der Waals surface area contributed by atoms with E-state index in [0.29, 0.717) is 0 Å². The van der Waals surface area contributed by atoms with Gasteiger partial charge in [0.1, 0.15) is 4.60 Å². The van der Waals surface area contributed by atoms with Crippen molar-refractivity contribution >= 4 is 31.9 Å². The van der Waals surface area contributed by atoms with Gasteiger partial charge in [0.25, 0.3) is 0 Å². The number of pyridine rings is 1. The predicted molar refractivity (Wildman–Crippen MR) is 65.1 cm³/mol. The molecule has 2 rings (SSSR count). The minimum atomic E-state index is 0.859. The van der Waals surface area contributed by atoms with Crippen LogP contribution in [-0.2, 0) is 0 Å². The lowest BCUT2D eigenvalue weighted by Gasteiger charge is -2.01. The van der Waals surface area contributed by atoms with Crippen LogP contribution in [0.5, 0.6) is 0 Å². The summed E-state index contributed by atoms with van der Waals surface area (Å²) in [6.45, 7) is 0. The van der Waals surface area contributed by atoms with Crippen LogP contribution >= 0.6 is 31.9 Å². The molecule has 70 valence electrons. The summed E-state index contributed by atoms with van der Waals surface area (Å²) in [5.74, 6) is 0. The van der Waals surface area contributed by atoms with Crippen molar-refractivity contribution in [2.45, 2.75) is 0 Å². The molecule has 0 N–H and O–H groups in total. The molecule has 0 unspecified atom stereocenters. The molecule has 0 spiro atoms. The molecule has 0 fully saturated rings. The number of aromatic nitrogens is 1. The minimum Gasteiger partial charge on any atom is -0.249 e. The summed E-state index contributed by atoms with van der Waals surface area (Å²) in [7, 11) is 0. The highest BCUT2D eigenvalue weighted by molar-refractivity contribution is 9.10. The number of hydrogen-bond acceptors (Lipinski definition) is 1. The van der Waals surface area contributed by atoms with Gasteiger partial charge in [-0.05, 0) is 51.3 Å². The van der Waals surface area contributed by atoms with E-state index in [9.17, 15) is 0 Å². The monoisotopic (exact) mass is 311 g/mol. The average molecular weight is 313 g/mol. The van der Waals surface area contributed by atoms with Crippen LogP contribution in [0.3, 0.4) is 0 Å². The lowest BCUT2D eigenvalue weighted by atomic mass is 10.1. The maximum Gasteiger partial charge on any atom is 0.106 e. The Kier molecular flexibility index (Phi) is 2.99. The zero-order chi connectivity index (χ0) is 9.97. The van der Waals surface area contributed by atoms with Gasteiger partial charge in [-0.2, -0.15) is 0 Å². The van der Waals surface area contributed by atoms with Crippen LogP contribution in [0.2, 0.25) is 0 Å². The maximum atomic E-state index is 4.09. The highest BCUT2D eigenvalue weighted by Gasteiger charge is 1.97. The molecule has 1 heterocycles. The third kappa shape index (κ3) is 2.22. The van der Waals surface area contributed by atoms with Gasteiger partial charge in [0.05, 0.1) is 0 Å². The van der Waals surface area contributed by atoms with Crippen molar-refractivity contribution in [2.24, 2.45) is 0 Å². The first kappa shape index (κ1) is 9.87. The third-order valence-electron chi connectivity index (χ3n) is 1.90. The van der Waals surface area contributed by atoms with Gasteiger partial charge >= 0.3 is 0 Å². The summed E-state index contributed by atoms with van der Waals surface area (Å²) in [4.78, 5) is 4.09. The number of hydrogen-bond donors (Lipinski definition) is 0. The van der Waals surface area contributed by atoms with Crippen molar-refractivity contribution in [3.8, 4) is 11.1 Å². The van der Waals surface area contributed by atoms with Gasteiger partial charge in [-0.15, -0.1) is 0 Å². The predicted octanol–water partition coefficient (Wildman–Crippen LogP) is 4.27. The molecule has 0 saturated carbocycles. The standard InChI is InChI=1S/C11H7Br2N/c12-10-3-1-8(2-4-10)9-5-6-14-11(13)7-9/h1-7H. The molecule has 14 heavy (non-hydrogen) atoms. The second-order valence-corrected chi connectivity index (χ2v) is 4.60. The van der Waals surface area contributed by atoms with E-state index in [1.807, 2.05) is 24.3 Å².